The number of rotatable bonds is 7. The summed E-state index contributed by atoms with van der Waals surface area (Å²) in [5.74, 6) is -0.201. The molecule has 1 saturated heterocycles. The molecule has 3 rings (SSSR count). The lowest BCUT2D eigenvalue weighted by atomic mass is 10.1. The number of amides is 2. The molecule has 0 spiro atoms. The van der Waals surface area contributed by atoms with Gasteiger partial charge in [0, 0.05) is 32.6 Å². The fraction of sp³-hybridized carbons (Fsp3) is 0.444. The Morgan fingerprint density at radius 1 is 1.35 bits per heavy atom. The summed E-state index contributed by atoms with van der Waals surface area (Å²) in [7, 11) is 0. The minimum absolute atomic E-state index is 0.0814. The molecular weight excluding hydrogens is 350 g/mol. The van der Waals surface area contributed by atoms with Crippen molar-refractivity contribution in [2.45, 2.75) is 32.4 Å². The minimum Gasteiger partial charge on any atom is -0.356 e. The van der Waals surface area contributed by atoms with Crippen LogP contribution in [0.1, 0.15) is 22.0 Å². The van der Waals surface area contributed by atoms with E-state index in [9.17, 15) is 9.59 Å². The van der Waals surface area contributed by atoms with Crippen LogP contribution in [0.25, 0.3) is 0 Å². The van der Waals surface area contributed by atoms with Crippen LogP contribution < -0.4 is 10.6 Å². The van der Waals surface area contributed by atoms with E-state index in [1.807, 2.05) is 37.3 Å². The van der Waals surface area contributed by atoms with E-state index in [0.29, 0.717) is 26.1 Å². The first kappa shape index (κ1) is 18.5. The fourth-order valence-corrected chi connectivity index (χ4v) is 3.69. The molecule has 26 heavy (non-hydrogen) atoms. The van der Waals surface area contributed by atoms with Crippen LogP contribution >= 0.6 is 11.3 Å². The number of nitrogens with zero attached hydrogens (tertiary/aromatic N) is 3. The molecule has 2 N–H and O–H groups in total. The maximum atomic E-state index is 12.3. The van der Waals surface area contributed by atoms with E-state index < -0.39 is 6.04 Å². The molecule has 0 unspecified atom stereocenters. The van der Waals surface area contributed by atoms with Gasteiger partial charge in [0.15, 0.2) is 0 Å². The molecule has 2 heterocycles. The van der Waals surface area contributed by atoms with Crippen LogP contribution in [0.5, 0.6) is 0 Å². The quantitative estimate of drug-likeness (QED) is 0.753. The van der Waals surface area contributed by atoms with Crippen molar-refractivity contribution in [3.8, 4) is 0 Å². The Morgan fingerprint density at radius 3 is 2.88 bits per heavy atom. The van der Waals surface area contributed by atoms with Crippen LogP contribution in [0.15, 0.2) is 30.3 Å². The molecular formula is C18H23N5O2S. The van der Waals surface area contributed by atoms with Gasteiger partial charge in [-0.05, 0) is 12.5 Å². The SMILES string of the molecule is Cc1nnc(CCNC(=O)C[C@@H]2C(=O)NCCN2Cc2ccccc2)s1. The smallest absolute Gasteiger partial charge is 0.237 e. The van der Waals surface area contributed by atoms with Gasteiger partial charge in [-0.1, -0.05) is 30.3 Å². The van der Waals surface area contributed by atoms with Crippen LogP contribution in [0.4, 0.5) is 0 Å². The van der Waals surface area contributed by atoms with Gasteiger partial charge in [-0.2, -0.15) is 0 Å². The third-order valence-corrected chi connectivity index (χ3v) is 5.18. The van der Waals surface area contributed by atoms with Crippen molar-refractivity contribution >= 4 is 23.2 Å². The Morgan fingerprint density at radius 2 is 2.15 bits per heavy atom. The average molecular weight is 373 g/mol. The highest BCUT2D eigenvalue weighted by Crippen LogP contribution is 2.14. The van der Waals surface area contributed by atoms with Gasteiger partial charge < -0.3 is 10.6 Å². The normalized spacial score (nSPS) is 17.7. The first-order chi connectivity index (χ1) is 12.6. The zero-order chi connectivity index (χ0) is 18.4. The number of nitrogens with one attached hydrogen (secondary N) is 2. The highest BCUT2D eigenvalue weighted by Gasteiger charge is 2.31. The summed E-state index contributed by atoms with van der Waals surface area (Å²) in [6, 6.07) is 9.57. The third kappa shape index (κ3) is 5.09. The predicted octanol–water partition coefficient (Wildman–Crippen LogP) is 0.896. The second-order valence-corrected chi connectivity index (χ2v) is 7.55. The average Bonchev–Trinajstić information content (AvgIpc) is 3.04. The van der Waals surface area contributed by atoms with Crippen LogP contribution in [0.2, 0.25) is 0 Å². The second-order valence-electron chi connectivity index (χ2n) is 6.28. The molecule has 0 aliphatic carbocycles. The molecule has 0 radical (unpaired) electrons. The van der Waals surface area contributed by atoms with Gasteiger partial charge in [0.1, 0.15) is 10.0 Å². The van der Waals surface area contributed by atoms with Crippen molar-refractivity contribution in [3.63, 3.8) is 0 Å². The molecule has 2 aromatic rings. The lowest BCUT2D eigenvalue weighted by Gasteiger charge is -2.34. The summed E-state index contributed by atoms with van der Waals surface area (Å²) >= 11 is 1.53. The molecule has 2 amide bonds. The van der Waals surface area contributed by atoms with Crippen LogP contribution in [0.3, 0.4) is 0 Å². The Balaban J connectivity index is 1.52. The topological polar surface area (TPSA) is 87.2 Å². The van der Waals surface area contributed by atoms with Gasteiger partial charge in [-0.25, -0.2) is 0 Å². The van der Waals surface area contributed by atoms with Crippen molar-refractivity contribution in [2.75, 3.05) is 19.6 Å². The Hall–Kier alpha value is -2.32. The molecule has 8 heteroatoms. The van der Waals surface area contributed by atoms with Crippen LogP contribution in [0, 0.1) is 6.92 Å². The number of aryl methyl sites for hydroxylation is 1. The van der Waals surface area contributed by atoms with E-state index in [2.05, 4.69) is 25.7 Å². The van der Waals surface area contributed by atoms with Gasteiger partial charge in [0.05, 0.1) is 12.5 Å². The standard InChI is InChI=1S/C18H23N5O2S/c1-13-21-22-17(26-13)7-8-19-16(24)11-15-18(25)20-9-10-23(15)12-14-5-3-2-4-6-14/h2-6,15H,7-12H2,1H3,(H,19,24)(H,20,25)/t15-/m1/s1. The zero-order valence-electron chi connectivity index (χ0n) is 14.8. The molecule has 7 nitrogen and oxygen atoms in total. The number of hydrogen-bond donors (Lipinski definition) is 2. The molecule has 1 aromatic carbocycles. The number of piperazine rings is 1. The summed E-state index contributed by atoms with van der Waals surface area (Å²) in [5, 5.41) is 15.6. The van der Waals surface area contributed by atoms with Crippen molar-refractivity contribution in [3.05, 3.63) is 45.9 Å². The predicted molar refractivity (Wildman–Crippen MR) is 99.6 cm³/mol. The van der Waals surface area contributed by atoms with E-state index >= 15 is 0 Å². The number of carbonyl (C=O) groups is 2. The van der Waals surface area contributed by atoms with Gasteiger partial charge in [-0.15, -0.1) is 21.5 Å². The Bertz CT molecular complexity index is 749. The summed E-state index contributed by atoms with van der Waals surface area (Å²) in [6.07, 6.45) is 0.815. The first-order valence-corrected chi connectivity index (χ1v) is 9.55. The fourth-order valence-electron chi connectivity index (χ4n) is 2.99. The molecule has 1 aliphatic heterocycles. The number of carbonyl (C=O) groups excluding carboxylic acids is 2. The summed E-state index contributed by atoms with van der Waals surface area (Å²) in [5.41, 5.74) is 1.14. The first-order valence-electron chi connectivity index (χ1n) is 8.73. The van der Waals surface area contributed by atoms with Crippen molar-refractivity contribution < 1.29 is 9.59 Å². The van der Waals surface area contributed by atoms with E-state index in [1.165, 1.54) is 11.3 Å². The van der Waals surface area contributed by atoms with E-state index in [4.69, 9.17) is 0 Å². The number of hydrogen-bond acceptors (Lipinski definition) is 6. The van der Waals surface area contributed by atoms with Crippen molar-refractivity contribution in [2.24, 2.45) is 0 Å². The minimum atomic E-state index is -0.437. The zero-order valence-corrected chi connectivity index (χ0v) is 15.6. The number of benzene rings is 1. The third-order valence-electron chi connectivity index (χ3n) is 4.28. The summed E-state index contributed by atoms with van der Waals surface area (Å²) in [4.78, 5) is 26.7. The monoisotopic (exact) mass is 373 g/mol. The van der Waals surface area contributed by atoms with E-state index in [0.717, 1.165) is 22.1 Å². The molecule has 0 bridgehead atoms. The Kier molecular flexibility index (Phi) is 6.30. The Labute approximate surface area is 156 Å². The highest BCUT2D eigenvalue weighted by atomic mass is 32.1. The van der Waals surface area contributed by atoms with Gasteiger partial charge in [0.25, 0.3) is 0 Å². The lowest BCUT2D eigenvalue weighted by Crippen LogP contribution is -2.56. The van der Waals surface area contributed by atoms with Crippen LogP contribution in [-0.2, 0) is 22.6 Å². The highest BCUT2D eigenvalue weighted by molar-refractivity contribution is 7.11. The second kappa shape index (κ2) is 8.86. The van der Waals surface area contributed by atoms with Gasteiger partial charge >= 0.3 is 0 Å². The van der Waals surface area contributed by atoms with Gasteiger partial charge in [-0.3, -0.25) is 14.5 Å². The van der Waals surface area contributed by atoms with E-state index in [1.54, 1.807) is 0 Å². The maximum absolute atomic E-state index is 12.3. The molecule has 138 valence electrons. The van der Waals surface area contributed by atoms with E-state index in [-0.39, 0.29) is 18.2 Å². The van der Waals surface area contributed by atoms with Crippen molar-refractivity contribution in [1.82, 2.24) is 25.7 Å². The lowest BCUT2D eigenvalue weighted by molar-refractivity contribution is -0.134. The van der Waals surface area contributed by atoms with Crippen molar-refractivity contribution in [1.29, 1.82) is 0 Å². The maximum Gasteiger partial charge on any atom is 0.237 e. The molecule has 1 aromatic heterocycles. The number of aromatic nitrogens is 2. The molecule has 0 saturated carbocycles. The molecule has 1 fully saturated rings. The summed E-state index contributed by atoms with van der Waals surface area (Å²) < 4.78 is 0. The molecule has 1 atom stereocenters. The van der Waals surface area contributed by atoms with Gasteiger partial charge in [0.2, 0.25) is 11.8 Å². The molecule has 1 aliphatic rings. The van der Waals surface area contributed by atoms with Crippen LogP contribution in [-0.4, -0.2) is 52.6 Å². The summed E-state index contributed by atoms with van der Waals surface area (Å²) in [6.45, 7) is 4.42. The largest absolute Gasteiger partial charge is 0.356 e.